The summed E-state index contributed by atoms with van der Waals surface area (Å²) in [6, 6.07) is 4.98. The molecule has 1 aliphatic heterocycles. The normalized spacial score (nSPS) is 24.4. The summed E-state index contributed by atoms with van der Waals surface area (Å²) in [5.41, 5.74) is 0.708. The highest BCUT2D eigenvalue weighted by Gasteiger charge is 2.39. The highest BCUT2D eigenvalue weighted by Crippen LogP contribution is 2.39. The van der Waals surface area contributed by atoms with Crippen LogP contribution in [-0.2, 0) is 14.8 Å². The van der Waals surface area contributed by atoms with Crippen molar-refractivity contribution in [3.05, 3.63) is 18.2 Å². The van der Waals surface area contributed by atoms with E-state index in [2.05, 4.69) is 17.2 Å². The average Bonchev–Trinajstić information content (AvgIpc) is 2.96. The molecule has 0 unspecified atom stereocenters. The Labute approximate surface area is 144 Å². The molecule has 2 heterocycles. The molecule has 2 aromatic rings. The van der Waals surface area contributed by atoms with Crippen LogP contribution in [0.2, 0.25) is 0 Å². The van der Waals surface area contributed by atoms with Crippen LogP contribution in [0.15, 0.2) is 23.1 Å². The van der Waals surface area contributed by atoms with Crippen molar-refractivity contribution in [1.29, 1.82) is 0 Å². The Balaban J connectivity index is 1.60. The zero-order valence-electron chi connectivity index (χ0n) is 13.4. The van der Waals surface area contributed by atoms with E-state index in [0.29, 0.717) is 34.6 Å². The van der Waals surface area contributed by atoms with Crippen LogP contribution in [0.1, 0.15) is 26.2 Å². The summed E-state index contributed by atoms with van der Waals surface area (Å²) in [6.07, 6.45) is 2.75. The highest BCUT2D eigenvalue weighted by molar-refractivity contribution is 7.89. The van der Waals surface area contributed by atoms with Gasteiger partial charge in [-0.25, -0.2) is 13.4 Å². The standard InChI is InChI=1S/C16H19N3O3S2/c1-10-8-12(10)15(20)18-16-17-13-5-4-11(9-14(13)23-16)24(21,22)19-6-2-3-7-19/h4-5,9-10,12H,2-3,6-8H2,1H3,(H,17,18,20)/t10-,12-/m1/s1. The highest BCUT2D eigenvalue weighted by atomic mass is 32.2. The SMILES string of the molecule is C[C@@H]1C[C@H]1C(=O)Nc1nc2ccc(S(=O)(=O)N3CCCC3)cc2s1. The van der Waals surface area contributed by atoms with Crippen LogP contribution >= 0.6 is 11.3 Å². The van der Waals surface area contributed by atoms with E-state index >= 15 is 0 Å². The first-order chi connectivity index (χ1) is 11.4. The van der Waals surface area contributed by atoms with Crippen LogP contribution in [0.25, 0.3) is 10.2 Å². The Morgan fingerprint density at radius 1 is 1.33 bits per heavy atom. The van der Waals surface area contributed by atoms with E-state index in [1.54, 1.807) is 18.2 Å². The molecule has 1 N–H and O–H groups in total. The maximum atomic E-state index is 12.6. The number of carbonyl (C=O) groups is 1. The van der Waals surface area contributed by atoms with Crippen molar-refractivity contribution in [2.75, 3.05) is 18.4 Å². The van der Waals surface area contributed by atoms with Gasteiger partial charge >= 0.3 is 0 Å². The van der Waals surface area contributed by atoms with Crippen molar-refractivity contribution in [1.82, 2.24) is 9.29 Å². The van der Waals surface area contributed by atoms with E-state index in [4.69, 9.17) is 0 Å². The molecule has 2 fully saturated rings. The Kier molecular flexibility index (Phi) is 3.85. The molecule has 128 valence electrons. The van der Waals surface area contributed by atoms with Gasteiger partial charge in [0.05, 0.1) is 15.1 Å². The summed E-state index contributed by atoms with van der Waals surface area (Å²) in [6.45, 7) is 3.23. The molecule has 0 bridgehead atoms. The minimum Gasteiger partial charge on any atom is -0.302 e. The summed E-state index contributed by atoms with van der Waals surface area (Å²) in [5, 5.41) is 3.38. The van der Waals surface area contributed by atoms with Gasteiger partial charge in [0.1, 0.15) is 0 Å². The fraction of sp³-hybridized carbons (Fsp3) is 0.500. The molecule has 1 amide bonds. The molecular weight excluding hydrogens is 346 g/mol. The number of rotatable bonds is 4. The number of thiazole rings is 1. The molecule has 1 saturated heterocycles. The molecule has 1 aromatic heterocycles. The quantitative estimate of drug-likeness (QED) is 0.903. The minimum atomic E-state index is -3.43. The number of anilines is 1. The zero-order valence-corrected chi connectivity index (χ0v) is 15.0. The van der Waals surface area contributed by atoms with Gasteiger partial charge in [0.15, 0.2) is 5.13 Å². The number of hydrogen-bond donors (Lipinski definition) is 1. The van der Waals surface area contributed by atoms with Gasteiger partial charge in [-0.2, -0.15) is 4.31 Å². The van der Waals surface area contributed by atoms with E-state index in [0.717, 1.165) is 24.0 Å². The number of aromatic nitrogens is 1. The number of hydrogen-bond acceptors (Lipinski definition) is 5. The number of carbonyl (C=O) groups excluding carboxylic acids is 1. The van der Waals surface area contributed by atoms with Crippen LogP contribution in [0.3, 0.4) is 0 Å². The molecule has 8 heteroatoms. The lowest BCUT2D eigenvalue weighted by molar-refractivity contribution is -0.117. The lowest BCUT2D eigenvalue weighted by Crippen LogP contribution is -2.27. The van der Waals surface area contributed by atoms with Crippen molar-refractivity contribution in [3.8, 4) is 0 Å². The molecule has 1 aliphatic carbocycles. The van der Waals surface area contributed by atoms with Crippen LogP contribution in [0.4, 0.5) is 5.13 Å². The van der Waals surface area contributed by atoms with E-state index in [1.807, 2.05) is 0 Å². The zero-order chi connectivity index (χ0) is 16.9. The topological polar surface area (TPSA) is 79.4 Å². The van der Waals surface area contributed by atoms with Crippen molar-refractivity contribution in [3.63, 3.8) is 0 Å². The third-order valence-electron chi connectivity index (χ3n) is 4.74. The number of sulfonamides is 1. The number of nitrogens with zero attached hydrogens (tertiary/aromatic N) is 2. The Morgan fingerprint density at radius 2 is 2.04 bits per heavy atom. The Bertz CT molecular complexity index is 900. The molecule has 0 spiro atoms. The maximum absolute atomic E-state index is 12.6. The van der Waals surface area contributed by atoms with Gasteiger partial charge in [-0.3, -0.25) is 4.79 Å². The predicted octanol–water partition coefficient (Wildman–Crippen LogP) is 2.68. The second-order valence-electron chi connectivity index (χ2n) is 6.57. The average molecular weight is 365 g/mol. The van der Waals surface area contributed by atoms with E-state index in [9.17, 15) is 13.2 Å². The predicted molar refractivity (Wildman–Crippen MR) is 93.5 cm³/mol. The molecular formula is C16H19N3O3S2. The second kappa shape index (κ2) is 5.79. The fourth-order valence-corrected chi connectivity index (χ4v) is 5.61. The van der Waals surface area contributed by atoms with Crippen molar-refractivity contribution >= 4 is 42.6 Å². The van der Waals surface area contributed by atoms with Gasteiger partial charge in [0.2, 0.25) is 15.9 Å². The third-order valence-corrected chi connectivity index (χ3v) is 7.57. The number of fused-ring (bicyclic) bond motifs is 1. The number of benzene rings is 1. The fourth-order valence-electron chi connectivity index (χ4n) is 3.08. The molecule has 4 rings (SSSR count). The van der Waals surface area contributed by atoms with Crippen LogP contribution in [0.5, 0.6) is 0 Å². The largest absolute Gasteiger partial charge is 0.302 e. The molecule has 6 nitrogen and oxygen atoms in total. The summed E-state index contributed by atoms with van der Waals surface area (Å²) in [7, 11) is -3.43. The van der Waals surface area contributed by atoms with Gasteiger partial charge in [-0.15, -0.1) is 0 Å². The van der Waals surface area contributed by atoms with Gasteiger partial charge in [-0.1, -0.05) is 18.3 Å². The summed E-state index contributed by atoms with van der Waals surface area (Å²) in [4.78, 5) is 16.7. The van der Waals surface area contributed by atoms with Crippen LogP contribution in [-0.4, -0.2) is 36.7 Å². The maximum Gasteiger partial charge on any atom is 0.243 e. The Morgan fingerprint density at radius 3 is 2.71 bits per heavy atom. The summed E-state index contributed by atoms with van der Waals surface area (Å²) < 4.78 is 27.6. The summed E-state index contributed by atoms with van der Waals surface area (Å²) in [5.74, 6) is 0.533. The molecule has 24 heavy (non-hydrogen) atoms. The van der Waals surface area contributed by atoms with Gasteiger partial charge in [0, 0.05) is 19.0 Å². The monoisotopic (exact) mass is 365 g/mol. The lowest BCUT2D eigenvalue weighted by Gasteiger charge is -2.15. The second-order valence-corrected chi connectivity index (χ2v) is 9.54. The number of amides is 1. The van der Waals surface area contributed by atoms with E-state index < -0.39 is 10.0 Å². The third kappa shape index (κ3) is 2.82. The Hall–Kier alpha value is -1.51. The van der Waals surface area contributed by atoms with Crippen molar-refractivity contribution < 1.29 is 13.2 Å². The smallest absolute Gasteiger partial charge is 0.243 e. The van der Waals surface area contributed by atoms with Crippen molar-refractivity contribution in [2.24, 2.45) is 11.8 Å². The molecule has 1 saturated carbocycles. The van der Waals surface area contributed by atoms with Crippen molar-refractivity contribution in [2.45, 2.75) is 31.1 Å². The van der Waals surface area contributed by atoms with Crippen LogP contribution < -0.4 is 5.32 Å². The minimum absolute atomic E-state index is 0.00599. The lowest BCUT2D eigenvalue weighted by atomic mass is 10.3. The molecule has 1 aromatic carbocycles. The first kappa shape index (κ1) is 16.0. The molecule has 0 radical (unpaired) electrons. The number of nitrogens with one attached hydrogen (secondary N) is 1. The molecule has 2 aliphatic rings. The summed E-state index contributed by atoms with van der Waals surface area (Å²) >= 11 is 1.32. The van der Waals surface area contributed by atoms with E-state index in [1.165, 1.54) is 15.6 Å². The first-order valence-electron chi connectivity index (χ1n) is 8.17. The van der Waals surface area contributed by atoms with E-state index in [-0.39, 0.29) is 11.8 Å². The van der Waals surface area contributed by atoms with Gasteiger partial charge in [0.25, 0.3) is 0 Å². The molecule has 2 atom stereocenters. The van der Waals surface area contributed by atoms with Gasteiger partial charge < -0.3 is 5.32 Å². The first-order valence-corrected chi connectivity index (χ1v) is 10.4. The van der Waals surface area contributed by atoms with Gasteiger partial charge in [-0.05, 0) is 43.4 Å². The van der Waals surface area contributed by atoms with Crippen LogP contribution in [0, 0.1) is 11.8 Å².